The van der Waals surface area contributed by atoms with Gasteiger partial charge in [-0.15, -0.1) is 0 Å². The Balaban J connectivity index is 2.18. The lowest BCUT2D eigenvalue weighted by Crippen LogP contribution is -2.60. The van der Waals surface area contributed by atoms with E-state index in [-0.39, 0.29) is 17.2 Å². The van der Waals surface area contributed by atoms with Crippen molar-refractivity contribution in [3.05, 3.63) is 24.3 Å². The second kappa shape index (κ2) is 32.9. The van der Waals surface area contributed by atoms with E-state index in [2.05, 4.69) is 71.2 Å². The fourth-order valence-corrected chi connectivity index (χ4v) is 7.67. The van der Waals surface area contributed by atoms with Gasteiger partial charge in [0.1, 0.15) is 0 Å². The maximum Gasteiger partial charge on any atom is 0.271 e. The number of rotatable bonds is 36. The highest BCUT2D eigenvalue weighted by Gasteiger charge is 2.39. The second-order valence-electron chi connectivity index (χ2n) is 17.0. The maximum atomic E-state index is 6.52. The zero-order chi connectivity index (χ0) is 36.4. The molecule has 296 valence electrons. The van der Waals surface area contributed by atoms with Crippen LogP contribution in [0.2, 0.25) is 0 Å². The van der Waals surface area contributed by atoms with Gasteiger partial charge in [-0.1, -0.05) is 154 Å². The molecule has 1 N–H and O–H groups in total. The minimum atomic E-state index is -0.545. The van der Waals surface area contributed by atoms with Crippen molar-refractivity contribution in [3.63, 3.8) is 0 Å². The molecule has 0 spiro atoms. The summed E-state index contributed by atoms with van der Waals surface area (Å²) in [4.78, 5) is 0. The van der Waals surface area contributed by atoms with Crippen LogP contribution in [0.1, 0.15) is 234 Å². The number of hydrogen-bond acceptors (Lipinski definition) is 4. The highest BCUT2D eigenvalue weighted by molar-refractivity contribution is 4.97. The molecule has 1 aliphatic rings. The van der Waals surface area contributed by atoms with Crippen molar-refractivity contribution in [2.45, 2.75) is 258 Å². The Morgan fingerprint density at radius 3 is 1.10 bits per heavy atom. The van der Waals surface area contributed by atoms with E-state index < -0.39 is 6.48 Å². The Bertz CT molecular complexity index is 715. The van der Waals surface area contributed by atoms with E-state index in [1.54, 1.807) is 0 Å². The van der Waals surface area contributed by atoms with Gasteiger partial charge in [-0.05, 0) is 105 Å². The standard InChI is InChI=1S/C46H89NO3/c1-7-9-11-13-15-17-19-21-23-25-27-29-31-33-35-37-39-48-44(50-43-41-45(3,4)47-46(5,6)42-43)49-40-38-36-34-32-30-28-26-24-22-20-18-16-14-12-10-8-2/h21-24,43-44,47H,7-20,25-42H2,1-6H3/b23-21-,24-22-. The van der Waals surface area contributed by atoms with E-state index in [1.165, 1.54) is 167 Å². The predicted molar refractivity (Wildman–Crippen MR) is 220 cm³/mol. The van der Waals surface area contributed by atoms with Crippen LogP contribution in [-0.2, 0) is 14.2 Å². The van der Waals surface area contributed by atoms with E-state index >= 15 is 0 Å². The Morgan fingerprint density at radius 1 is 0.460 bits per heavy atom. The van der Waals surface area contributed by atoms with Crippen LogP contribution < -0.4 is 5.32 Å². The molecule has 1 fully saturated rings. The number of piperidine rings is 1. The summed E-state index contributed by atoms with van der Waals surface area (Å²) >= 11 is 0. The largest absolute Gasteiger partial charge is 0.330 e. The van der Waals surface area contributed by atoms with Crippen molar-refractivity contribution in [2.24, 2.45) is 0 Å². The fraction of sp³-hybridized carbons (Fsp3) is 0.913. The van der Waals surface area contributed by atoms with Crippen LogP contribution in [0.15, 0.2) is 24.3 Å². The molecule has 0 aliphatic carbocycles. The van der Waals surface area contributed by atoms with Gasteiger partial charge in [0, 0.05) is 11.1 Å². The quantitative estimate of drug-likeness (QED) is 0.0401. The van der Waals surface area contributed by atoms with Crippen molar-refractivity contribution in [1.29, 1.82) is 0 Å². The zero-order valence-corrected chi connectivity index (χ0v) is 34.8. The molecule has 0 radical (unpaired) electrons. The van der Waals surface area contributed by atoms with Crippen molar-refractivity contribution < 1.29 is 14.2 Å². The molecule has 0 saturated carbocycles. The van der Waals surface area contributed by atoms with Crippen LogP contribution in [0.25, 0.3) is 0 Å². The molecule has 0 aromatic heterocycles. The molecule has 0 aromatic carbocycles. The highest BCUT2D eigenvalue weighted by Crippen LogP contribution is 2.31. The molecule has 0 unspecified atom stereocenters. The number of ether oxygens (including phenoxy) is 3. The highest BCUT2D eigenvalue weighted by atomic mass is 16.8. The van der Waals surface area contributed by atoms with Crippen molar-refractivity contribution in [2.75, 3.05) is 13.2 Å². The molecule has 1 rings (SSSR count). The Labute approximate surface area is 314 Å². The summed E-state index contributed by atoms with van der Waals surface area (Å²) in [5.74, 6) is 0. The molecule has 1 heterocycles. The van der Waals surface area contributed by atoms with E-state index in [0.29, 0.717) is 0 Å². The van der Waals surface area contributed by atoms with Crippen LogP contribution in [0, 0.1) is 0 Å². The first-order chi connectivity index (χ1) is 24.3. The monoisotopic (exact) mass is 704 g/mol. The van der Waals surface area contributed by atoms with Gasteiger partial charge < -0.3 is 19.5 Å². The van der Waals surface area contributed by atoms with Crippen molar-refractivity contribution >= 4 is 0 Å². The summed E-state index contributed by atoms with van der Waals surface area (Å²) in [5, 5.41) is 3.77. The first kappa shape index (κ1) is 47.3. The summed E-state index contributed by atoms with van der Waals surface area (Å²) in [7, 11) is 0. The zero-order valence-electron chi connectivity index (χ0n) is 34.8. The Kier molecular flexibility index (Phi) is 31.2. The van der Waals surface area contributed by atoms with Gasteiger partial charge in [0.05, 0.1) is 19.3 Å². The van der Waals surface area contributed by atoms with E-state index in [4.69, 9.17) is 14.2 Å². The molecular formula is C46H89NO3. The predicted octanol–water partition coefficient (Wildman–Crippen LogP) is 14.7. The van der Waals surface area contributed by atoms with Gasteiger partial charge in [-0.3, -0.25) is 0 Å². The third kappa shape index (κ3) is 30.9. The third-order valence-electron chi connectivity index (χ3n) is 10.3. The van der Waals surface area contributed by atoms with Crippen LogP contribution in [0.5, 0.6) is 0 Å². The van der Waals surface area contributed by atoms with Gasteiger partial charge in [0.2, 0.25) is 0 Å². The SMILES string of the molecule is CCCCCCCC/C=C\CCCCCCCCOC(OCCCCCCCC/C=C\CCCCCCCC)OC1CC(C)(C)NC(C)(C)C1. The second-order valence-corrected chi connectivity index (χ2v) is 17.0. The first-order valence-corrected chi connectivity index (χ1v) is 22.3. The lowest BCUT2D eigenvalue weighted by molar-refractivity contribution is -0.311. The van der Waals surface area contributed by atoms with Crippen LogP contribution in [0.3, 0.4) is 0 Å². The number of hydrogen-bond donors (Lipinski definition) is 1. The lowest BCUT2D eigenvalue weighted by Gasteiger charge is -2.46. The topological polar surface area (TPSA) is 39.7 Å². The molecule has 4 heteroatoms. The van der Waals surface area contributed by atoms with Gasteiger partial charge in [-0.25, -0.2) is 0 Å². The van der Waals surface area contributed by atoms with Gasteiger partial charge in [0.15, 0.2) is 0 Å². The molecule has 1 saturated heterocycles. The third-order valence-corrected chi connectivity index (χ3v) is 10.3. The van der Waals surface area contributed by atoms with E-state index in [9.17, 15) is 0 Å². The Hall–Kier alpha value is -0.680. The summed E-state index contributed by atoms with van der Waals surface area (Å²) in [6.45, 7) is 14.6. The van der Waals surface area contributed by atoms with Gasteiger partial charge in [0.25, 0.3) is 6.48 Å². The van der Waals surface area contributed by atoms with Crippen molar-refractivity contribution in [3.8, 4) is 0 Å². The van der Waals surface area contributed by atoms with Crippen LogP contribution in [-0.4, -0.2) is 36.9 Å². The Morgan fingerprint density at radius 2 is 0.760 bits per heavy atom. The normalized spacial score (nSPS) is 16.5. The van der Waals surface area contributed by atoms with Crippen LogP contribution in [0.4, 0.5) is 0 Å². The average molecular weight is 704 g/mol. The van der Waals surface area contributed by atoms with Gasteiger partial charge >= 0.3 is 0 Å². The van der Waals surface area contributed by atoms with Gasteiger partial charge in [-0.2, -0.15) is 0 Å². The maximum absolute atomic E-state index is 6.52. The summed E-state index contributed by atoms with van der Waals surface area (Å²) < 4.78 is 19.0. The first-order valence-electron chi connectivity index (χ1n) is 22.3. The number of allylic oxidation sites excluding steroid dienone is 4. The molecule has 0 amide bonds. The number of nitrogens with one attached hydrogen (secondary N) is 1. The molecule has 0 bridgehead atoms. The van der Waals surface area contributed by atoms with Crippen LogP contribution >= 0.6 is 0 Å². The summed E-state index contributed by atoms with van der Waals surface area (Å²) in [5.41, 5.74) is 0.0919. The molecular weight excluding hydrogens is 615 g/mol. The summed E-state index contributed by atoms with van der Waals surface area (Å²) in [6, 6.07) is 0. The average Bonchev–Trinajstić information content (AvgIpc) is 3.06. The lowest BCUT2D eigenvalue weighted by atomic mass is 9.81. The van der Waals surface area contributed by atoms with E-state index in [1.807, 2.05) is 0 Å². The fourth-order valence-electron chi connectivity index (χ4n) is 7.67. The number of unbranched alkanes of at least 4 members (excludes halogenated alkanes) is 24. The molecule has 50 heavy (non-hydrogen) atoms. The molecule has 0 atom stereocenters. The van der Waals surface area contributed by atoms with E-state index in [0.717, 1.165) is 38.9 Å². The smallest absolute Gasteiger partial charge is 0.271 e. The molecule has 4 nitrogen and oxygen atoms in total. The molecule has 1 aliphatic heterocycles. The minimum Gasteiger partial charge on any atom is -0.330 e. The summed E-state index contributed by atoms with van der Waals surface area (Å²) in [6.07, 6.45) is 48.7. The minimum absolute atomic E-state index is 0.0460. The van der Waals surface area contributed by atoms with Crippen molar-refractivity contribution in [1.82, 2.24) is 5.32 Å². The molecule has 0 aromatic rings.